The van der Waals surface area contributed by atoms with Crippen LogP contribution in [-0.4, -0.2) is 188 Å². The number of rotatable bonds is 22. The Balaban J connectivity index is 0.00000126. The summed E-state index contributed by atoms with van der Waals surface area (Å²) in [5, 5.41) is 77.0. The van der Waals surface area contributed by atoms with Crippen LogP contribution in [-0.2, 0) is 57.4 Å². The van der Waals surface area contributed by atoms with Gasteiger partial charge in [0.15, 0.2) is 11.5 Å². The number of ether oxygens (including phenoxy) is 4. The van der Waals surface area contributed by atoms with Crippen LogP contribution in [0.2, 0.25) is 0 Å². The molecule has 38 nitrogen and oxygen atoms in total. The molecular formula is C40H52N10O28. The smallest absolute Gasteiger partial charge is 0.375 e. The van der Waals surface area contributed by atoms with Crippen molar-refractivity contribution in [2.24, 2.45) is 28.9 Å². The molecule has 1 aliphatic rings. The number of Topliss-reactive ketones (excluding diaryl/α,β-unsaturated/α-hetero) is 1. The van der Waals surface area contributed by atoms with Gasteiger partial charge in [-0.3, -0.25) is 58.3 Å². The standard InChI is InChI=1S/C23H22O18.C6H13N3O3.C5H4N4O3.C5H9NO3.CH4N2O/c1-9(24)20(34)41-23(22(36)37,7-15(27)28)8-16(29)40-17(11(19(32)33)6-14(25)26)21(35)39-12-4-3-10(18(30)31)5-13(12)38-2;7-4(5(10)11)2-1-3-9-6(8)12;10-3-1-2(7-4(11)6-1)8-5(12)9-3;7-3-1-2-6-4(3)5(8)9;2-1(3)4/h3-5,11,17H,6-8H2,1-2H3,(H,25,26)(H,27,28)(H,30,31)(H,32,33)(H,36,37);4H,1-3,7H2,(H,10,11)(H3,8,9,12);(H4,6,7,8,9,10,11,12);3-4,6-7H,1-2H2,(H,8,9);(H4,2,3,4)/t;4-;;3?,4-;/m.0.0./s1. The molecule has 0 saturated carbocycles. The number of carbonyl (C=O) groups excluding carboxylic acids is 6. The summed E-state index contributed by atoms with van der Waals surface area (Å²) in [7, 11) is 1.04. The average molecular weight is 1120 g/mol. The van der Waals surface area contributed by atoms with Gasteiger partial charge in [0.25, 0.3) is 5.56 Å². The van der Waals surface area contributed by atoms with E-state index in [4.69, 9.17) is 61.1 Å². The van der Waals surface area contributed by atoms with Gasteiger partial charge in [0.2, 0.25) is 17.5 Å². The maximum atomic E-state index is 12.9. The number of aliphatic hydroxyl groups excluding tert-OH is 1. The predicted octanol–water partition coefficient (Wildman–Crippen LogP) is -5.90. The van der Waals surface area contributed by atoms with E-state index in [0.717, 1.165) is 25.3 Å². The number of nitrogens with one attached hydrogen (secondary N) is 6. The van der Waals surface area contributed by atoms with E-state index in [2.05, 4.69) is 41.8 Å². The highest BCUT2D eigenvalue weighted by atomic mass is 16.6. The number of carbonyl (C=O) groups is 13. The average Bonchev–Trinajstić information content (AvgIpc) is 3.93. The number of urea groups is 2. The molecule has 0 spiro atoms. The number of nitrogens with two attached hydrogens (primary N) is 4. The van der Waals surface area contributed by atoms with Crippen molar-refractivity contribution < 1.29 is 122 Å². The zero-order chi connectivity index (χ0) is 60.4. The molecule has 4 rings (SSSR count). The summed E-state index contributed by atoms with van der Waals surface area (Å²) < 4.78 is 19.1. The van der Waals surface area contributed by atoms with E-state index in [1.807, 2.05) is 4.98 Å². The number of methoxy groups -OCH3 is 1. The topological polar surface area (TPSA) is 663 Å². The summed E-state index contributed by atoms with van der Waals surface area (Å²) in [5.74, 6) is -21.5. The normalized spacial score (nSPS) is 14.8. The van der Waals surface area contributed by atoms with Gasteiger partial charge in [-0.1, -0.05) is 0 Å². The van der Waals surface area contributed by atoms with Gasteiger partial charge in [0, 0.05) is 13.5 Å². The first kappa shape index (κ1) is 67.8. The number of H-pyrrole nitrogens is 4. The lowest BCUT2D eigenvalue weighted by Crippen LogP contribution is -2.49. The van der Waals surface area contributed by atoms with Crippen molar-refractivity contribution >= 4 is 88.7 Å². The molecule has 0 radical (unpaired) electrons. The number of fused-ring (bicyclic) bond motifs is 1. The Morgan fingerprint density at radius 2 is 1.37 bits per heavy atom. The Labute approximate surface area is 431 Å². The molecule has 3 aromatic rings. The Kier molecular flexibility index (Phi) is 27.9. The van der Waals surface area contributed by atoms with Crippen LogP contribution in [0.4, 0.5) is 9.59 Å². The first-order valence-corrected chi connectivity index (χ1v) is 21.2. The summed E-state index contributed by atoms with van der Waals surface area (Å²) in [6, 6.07) is -0.315. The van der Waals surface area contributed by atoms with Gasteiger partial charge in [-0.2, -0.15) is 0 Å². The van der Waals surface area contributed by atoms with Gasteiger partial charge in [-0.05, 0) is 44.0 Å². The number of primary amides is 3. The maximum absolute atomic E-state index is 12.9. The molecule has 1 aliphatic heterocycles. The molecule has 38 heteroatoms. The highest BCUT2D eigenvalue weighted by Crippen LogP contribution is 2.30. The molecule has 6 atom stereocenters. The minimum atomic E-state index is -3.28. The Bertz CT molecular complexity index is 2890. The van der Waals surface area contributed by atoms with Crippen LogP contribution < -0.4 is 60.0 Å². The number of hydrogen-bond acceptors (Lipinski definition) is 23. The molecule has 3 heterocycles. The molecule has 430 valence electrons. The summed E-state index contributed by atoms with van der Waals surface area (Å²) in [6.45, 7) is 1.59. The lowest BCUT2D eigenvalue weighted by Gasteiger charge is -2.28. The number of carboxylic acid groups (broad SMARTS) is 7. The molecule has 2 aromatic heterocycles. The number of hydrogen-bond donors (Lipinski definition) is 18. The van der Waals surface area contributed by atoms with Gasteiger partial charge in [0.1, 0.15) is 29.2 Å². The molecule has 4 unspecified atom stereocenters. The number of carboxylic acids is 7. The Hall–Kier alpha value is -10.2. The lowest BCUT2D eigenvalue weighted by atomic mass is 9.94. The summed E-state index contributed by atoms with van der Waals surface area (Å²) in [5.41, 5.74) is 13.2. The van der Waals surface area contributed by atoms with Crippen molar-refractivity contribution in [2.45, 2.75) is 75.3 Å². The highest BCUT2D eigenvalue weighted by molar-refractivity contribution is 6.33. The van der Waals surface area contributed by atoms with Gasteiger partial charge in [-0.25, -0.2) is 38.4 Å². The van der Waals surface area contributed by atoms with Gasteiger partial charge < -0.3 is 93.4 Å². The summed E-state index contributed by atoms with van der Waals surface area (Å²) in [6.07, 6.45) is -6.61. The zero-order valence-corrected chi connectivity index (χ0v) is 40.3. The summed E-state index contributed by atoms with van der Waals surface area (Å²) >= 11 is 0. The zero-order valence-electron chi connectivity index (χ0n) is 40.3. The van der Waals surface area contributed by atoms with Crippen LogP contribution >= 0.6 is 0 Å². The van der Waals surface area contributed by atoms with Crippen molar-refractivity contribution in [1.29, 1.82) is 0 Å². The number of amides is 4. The fourth-order valence-corrected chi connectivity index (χ4v) is 5.65. The molecule has 1 fully saturated rings. The minimum Gasteiger partial charge on any atom is -0.493 e. The number of imidazole rings is 1. The molecule has 0 aliphatic carbocycles. The lowest BCUT2D eigenvalue weighted by molar-refractivity contribution is -0.191. The molecule has 4 amide bonds. The van der Waals surface area contributed by atoms with Crippen LogP contribution in [0.25, 0.3) is 11.2 Å². The van der Waals surface area contributed by atoms with Crippen molar-refractivity contribution in [3.63, 3.8) is 0 Å². The number of aliphatic carboxylic acids is 6. The third-order valence-corrected chi connectivity index (χ3v) is 9.20. The van der Waals surface area contributed by atoms with Crippen molar-refractivity contribution in [1.82, 2.24) is 30.6 Å². The number of aliphatic hydroxyl groups is 1. The summed E-state index contributed by atoms with van der Waals surface area (Å²) in [4.78, 5) is 187. The van der Waals surface area contributed by atoms with Crippen LogP contribution in [0, 0.1) is 5.92 Å². The fraction of sp³-hybridized carbons (Fsp3) is 0.400. The number of aromatic carboxylic acids is 1. The first-order valence-electron chi connectivity index (χ1n) is 21.2. The van der Waals surface area contributed by atoms with Crippen LogP contribution in [0.1, 0.15) is 55.8 Å². The minimum absolute atomic E-state index is 0.0413. The third-order valence-electron chi connectivity index (χ3n) is 9.20. The second kappa shape index (κ2) is 32.2. The molecule has 78 heavy (non-hydrogen) atoms. The Morgan fingerprint density at radius 3 is 1.79 bits per heavy atom. The van der Waals surface area contributed by atoms with E-state index in [1.165, 1.54) is 0 Å². The third kappa shape index (κ3) is 24.2. The Morgan fingerprint density at radius 1 is 0.795 bits per heavy atom. The fourth-order valence-electron chi connectivity index (χ4n) is 5.65. The molecular weight excluding hydrogens is 1070 g/mol. The van der Waals surface area contributed by atoms with Gasteiger partial charge in [-0.15, -0.1) is 0 Å². The number of aromatic nitrogens is 4. The quantitative estimate of drug-likeness (QED) is 0.0193. The van der Waals surface area contributed by atoms with Crippen molar-refractivity contribution in [3.8, 4) is 11.5 Å². The van der Waals surface area contributed by atoms with Gasteiger partial charge in [0.05, 0.1) is 38.0 Å². The van der Waals surface area contributed by atoms with E-state index < -0.39 is 155 Å². The van der Waals surface area contributed by atoms with Crippen molar-refractivity contribution in [2.75, 3.05) is 20.2 Å². The van der Waals surface area contributed by atoms with Gasteiger partial charge >= 0.3 is 83.1 Å². The highest BCUT2D eigenvalue weighted by Gasteiger charge is 2.50. The van der Waals surface area contributed by atoms with Crippen LogP contribution in [0.3, 0.4) is 0 Å². The van der Waals surface area contributed by atoms with E-state index in [1.54, 1.807) is 0 Å². The van der Waals surface area contributed by atoms with Crippen LogP contribution in [0.5, 0.6) is 11.5 Å². The second-order valence-electron chi connectivity index (χ2n) is 15.2. The van der Waals surface area contributed by atoms with Crippen molar-refractivity contribution in [3.05, 3.63) is 55.1 Å². The number of ketones is 1. The predicted molar refractivity (Wildman–Crippen MR) is 249 cm³/mol. The number of esters is 3. The number of aromatic amines is 4. The molecule has 22 N–H and O–H groups in total. The second-order valence-corrected chi connectivity index (χ2v) is 15.2. The first-order chi connectivity index (χ1) is 36.1. The SMILES string of the molecule is COc1cc(C(=O)O)ccc1OC(=O)C(OC(=O)CC(CC(=O)O)(OC(=O)C(C)=O)C(=O)O)C(CC(=O)O)C(=O)O.NC(=O)NCCC[C@H](N)C(=O)O.NC(N)=O.O=C(O)[C@H]1NCCC1O.O=c1[nH]c(=O)c2[nH]c(=O)[nH]c2[nH]1. The number of benzene rings is 1. The molecule has 1 saturated heterocycles. The molecule has 0 bridgehead atoms. The van der Waals surface area contributed by atoms with E-state index in [9.17, 15) is 82.1 Å². The molecule has 1 aromatic carbocycles. The van der Waals surface area contributed by atoms with E-state index in [-0.39, 0.29) is 22.5 Å². The maximum Gasteiger partial charge on any atom is 0.375 e. The van der Waals surface area contributed by atoms with Crippen LogP contribution in [0.15, 0.2) is 32.6 Å². The van der Waals surface area contributed by atoms with E-state index >= 15 is 0 Å². The van der Waals surface area contributed by atoms with E-state index in [0.29, 0.717) is 39.3 Å². The monoisotopic (exact) mass is 1120 g/mol. The largest absolute Gasteiger partial charge is 0.493 e.